The second-order valence-corrected chi connectivity index (χ2v) is 3.47. The van der Waals surface area contributed by atoms with Crippen LogP contribution in [0.4, 0.5) is 0 Å². The predicted molar refractivity (Wildman–Crippen MR) is 52.6 cm³/mol. The largest absolute Gasteiger partial charge is 0.325 e. The fourth-order valence-electron chi connectivity index (χ4n) is 0.855. The van der Waals surface area contributed by atoms with Crippen molar-refractivity contribution in [1.82, 2.24) is 9.55 Å². The molecule has 1 rings (SSSR count). The van der Waals surface area contributed by atoms with Crippen LogP contribution in [0.5, 0.6) is 0 Å². The highest BCUT2D eigenvalue weighted by Gasteiger charge is 1.93. The second kappa shape index (κ2) is 4.87. The van der Waals surface area contributed by atoms with Gasteiger partial charge in [-0.3, -0.25) is 4.57 Å². The summed E-state index contributed by atoms with van der Waals surface area (Å²) < 4.78 is 1.66. The van der Waals surface area contributed by atoms with Gasteiger partial charge in [0.2, 0.25) is 0 Å². The average molecular weight is 184 g/mol. The number of hydrogen-bond donors (Lipinski definition) is 1. The Kier molecular flexibility index (Phi) is 3.73. The molecule has 1 N–H and O–H groups in total. The summed E-state index contributed by atoms with van der Waals surface area (Å²) in [5.41, 5.74) is -0.0331. The van der Waals surface area contributed by atoms with Gasteiger partial charge in [0.15, 0.2) is 0 Å². The molecule has 0 saturated carbocycles. The number of nitrogens with zero attached hydrogens (tertiary/aromatic N) is 1. The van der Waals surface area contributed by atoms with Gasteiger partial charge in [-0.2, -0.15) is 11.8 Å². The van der Waals surface area contributed by atoms with Gasteiger partial charge >= 0.3 is 5.69 Å². The Morgan fingerprint density at radius 3 is 3.17 bits per heavy atom. The van der Waals surface area contributed by atoms with E-state index in [9.17, 15) is 4.79 Å². The lowest BCUT2D eigenvalue weighted by Crippen LogP contribution is -2.17. The van der Waals surface area contributed by atoms with Crippen molar-refractivity contribution >= 4 is 11.8 Å². The molecule has 0 bridgehead atoms. The predicted octanol–water partition coefficient (Wildman–Crippen LogP) is 1.10. The highest BCUT2D eigenvalue weighted by molar-refractivity contribution is 7.99. The van der Waals surface area contributed by atoms with E-state index in [4.69, 9.17) is 0 Å². The van der Waals surface area contributed by atoms with Crippen LogP contribution in [0.15, 0.2) is 29.8 Å². The molecule has 0 aromatic carbocycles. The number of aromatic amines is 1. The fraction of sp³-hybridized carbons (Fsp3) is 0.375. The number of imidazole rings is 1. The van der Waals surface area contributed by atoms with Gasteiger partial charge in [0.25, 0.3) is 0 Å². The van der Waals surface area contributed by atoms with Crippen LogP contribution in [0.2, 0.25) is 0 Å². The summed E-state index contributed by atoms with van der Waals surface area (Å²) in [6, 6.07) is 0. The smallest absolute Gasteiger partial charge is 0.313 e. The summed E-state index contributed by atoms with van der Waals surface area (Å²) in [5, 5.41) is 0. The van der Waals surface area contributed by atoms with Crippen molar-refractivity contribution in [1.29, 1.82) is 0 Å². The van der Waals surface area contributed by atoms with Crippen LogP contribution in [0.1, 0.15) is 0 Å². The van der Waals surface area contributed by atoms with E-state index in [2.05, 4.69) is 11.6 Å². The zero-order valence-electron chi connectivity index (χ0n) is 6.82. The number of aromatic nitrogens is 2. The van der Waals surface area contributed by atoms with Crippen LogP contribution in [-0.4, -0.2) is 21.1 Å². The van der Waals surface area contributed by atoms with Gasteiger partial charge in [0, 0.05) is 30.4 Å². The third-order valence-electron chi connectivity index (χ3n) is 1.43. The standard InChI is InChI=1S/C8H12N2OS/c1-2-6-12-7-5-10-4-3-9-8(10)11/h2-4H,1,5-7H2,(H,9,11). The summed E-state index contributed by atoms with van der Waals surface area (Å²) in [7, 11) is 0. The third-order valence-corrected chi connectivity index (χ3v) is 2.38. The molecule has 0 amide bonds. The molecule has 0 aliphatic heterocycles. The Morgan fingerprint density at radius 1 is 1.75 bits per heavy atom. The van der Waals surface area contributed by atoms with Crippen LogP contribution in [-0.2, 0) is 6.54 Å². The second-order valence-electron chi connectivity index (χ2n) is 2.32. The van der Waals surface area contributed by atoms with E-state index >= 15 is 0 Å². The molecule has 0 atom stereocenters. The van der Waals surface area contributed by atoms with Crippen LogP contribution in [0.3, 0.4) is 0 Å². The number of hydrogen-bond acceptors (Lipinski definition) is 2. The van der Waals surface area contributed by atoms with Crippen molar-refractivity contribution < 1.29 is 0 Å². The molecule has 0 saturated heterocycles. The quantitative estimate of drug-likeness (QED) is 0.549. The number of nitrogens with one attached hydrogen (secondary N) is 1. The molecule has 66 valence electrons. The van der Waals surface area contributed by atoms with Crippen molar-refractivity contribution in [2.45, 2.75) is 6.54 Å². The normalized spacial score (nSPS) is 10.0. The highest BCUT2D eigenvalue weighted by atomic mass is 32.2. The van der Waals surface area contributed by atoms with Crippen molar-refractivity contribution in [3.63, 3.8) is 0 Å². The fourth-order valence-corrected chi connectivity index (χ4v) is 1.51. The molecule has 1 aromatic rings. The van der Waals surface area contributed by atoms with Gasteiger partial charge in [-0.15, -0.1) is 6.58 Å². The Balaban J connectivity index is 2.29. The Hall–Kier alpha value is -0.900. The summed E-state index contributed by atoms with van der Waals surface area (Å²) in [6.07, 6.45) is 5.28. The van der Waals surface area contributed by atoms with Crippen LogP contribution < -0.4 is 5.69 Å². The van der Waals surface area contributed by atoms with E-state index in [1.54, 1.807) is 28.7 Å². The zero-order valence-corrected chi connectivity index (χ0v) is 7.64. The van der Waals surface area contributed by atoms with E-state index in [0.29, 0.717) is 0 Å². The van der Waals surface area contributed by atoms with Crippen LogP contribution in [0, 0.1) is 0 Å². The minimum Gasteiger partial charge on any atom is -0.313 e. The van der Waals surface area contributed by atoms with Gasteiger partial charge in [-0.25, -0.2) is 4.79 Å². The molecular weight excluding hydrogens is 172 g/mol. The highest BCUT2D eigenvalue weighted by Crippen LogP contribution is 1.99. The molecule has 0 spiro atoms. The molecule has 0 fully saturated rings. The third kappa shape index (κ3) is 2.62. The summed E-state index contributed by atoms with van der Waals surface area (Å²) >= 11 is 1.77. The van der Waals surface area contributed by atoms with Gasteiger partial charge in [0.05, 0.1) is 0 Å². The first kappa shape index (κ1) is 9.19. The summed E-state index contributed by atoms with van der Waals surface area (Å²) in [6.45, 7) is 4.38. The molecule has 0 aliphatic rings. The lowest BCUT2D eigenvalue weighted by molar-refractivity contribution is 0.738. The van der Waals surface area contributed by atoms with Crippen LogP contribution in [0.25, 0.3) is 0 Å². The molecule has 12 heavy (non-hydrogen) atoms. The van der Waals surface area contributed by atoms with Crippen molar-refractivity contribution in [3.8, 4) is 0 Å². The SMILES string of the molecule is C=CCSCCn1cc[nH]c1=O. The maximum atomic E-state index is 11.0. The van der Waals surface area contributed by atoms with E-state index in [-0.39, 0.29) is 5.69 Å². The lowest BCUT2D eigenvalue weighted by atomic mass is 10.7. The first-order valence-corrected chi connectivity index (χ1v) is 4.92. The Labute approximate surface area is 75.5 Å². The van der Waals surface area contributed by atoms with Gasteiger partial charge < -0.3 is 4.98 Å². The number of rotatable bonds is 5. The molecule has 1 heterocycles. The lowest BCUT2D eigenvalue weighted by Gasteiger charge is -1.98. The van der Waals surface area contributed by atoms with E-state index in [0.717, 1.165) is 18.1 Å². The molecule has 3 nitrogen and oxygen atoms in total. The first-order valence-electron chi connectivity index (χ1n) is 3.77. The van der Waals surface area contributed by atoms with Gasteiger partial charge in [-0.1, -0.05) is 6.08 Å². The van der Waals surface area contributed by atoms with Gasteiger partial charge in [0.1, 0.15) is 0 Å². The van der Waals surface area contributed by atoms with Crippen molar-refractivity contribution in [2.24, 2.45) is 0 Å². The summed E-state index contributed by atoms with van der Waals surface area (Å²) in [4.78, 5) is 13.5. The molecule has 1 aromatic heterocycles. The summed E-state index contributed by atoms with van der Waals surface area (Å²) in [5.74, 6) is 1.89. The number of H-pyrrole nitrogens is 1. The number of aryl methyl sites for hydroxylation is 1. The molecule has 4 heteroatoms. The van der Waals surface area contributed by atoms with Crippen LogP contribution >= 0.6 is 11.8 Å². The van der Waals surface area contributed by atoms with E-state index < -0.39 is 0 Å². The molecular formula is C8H12N2OS. The van der Waals surface area contributed by atoms with Crippen molar-refractivity contribution in [3.05, 3.63) is 35.5 Å². The maximum absolute atomic E-state index is 11.0. The maximum Gasteiger partial charge on any atom is 0.325 e. The zero-order chi connectivity index (χ0) is 8.81. The minimum atomic E-state index is -0.0331. The van der Waals surface area contributed by atoms with E-state index in [1.807, 2.05) is 6.08 Å². The monoisotopic (exact) mass is 184 g/mol. The number of thioether (sulfide) groups is 1. The molecule has 0 radical (unpaired) electrons. The molecule has 0 aliphatic carbocycles. The topological polar surface area (TPSA) is 37.8 Å². The average Bonchev–Trinajstić information content (AvgIpc) is 2.46. The Bertz CT molecular complexity index is 289. The van der Waals surface area contributed by atoms with E-state index in [1.165, 1.54) is 0 Å². The first-order chi connectivity index (χ1) is 5.84. The Morgan fingerprint density at radius 2 is 2.58 bits per heavy atom. The van der Waals surface area contributed by atoms with Gasteiger partial charge in [-0.05, 0) is 0 Å². The minimum absolute atomic E-state index is 0.0331. The molecule has 0 unspecified atom stereocenters. The van der Waals surface area contributed by atoms with Crippen molar-refractivity contribution in [2.75, 3.05) is 11.5 Å².